The molecule has 1 N–H and O–H groups in total. The Kier molecular flexibility index (Phi) is 5.23. The number of rotatable bonds is 4. The molecule has 0 bridgehead atoms. The van der Waals surface area contributed by atoms with Crippen LogP contribution in [0.3, 0.4) is 0 Å². The summed E-state index contributed by atoms with van der Waals surface area (Å²) in [6.07, 6.45) is -0.0404. The van der Waals surface area contributed by atoms with Gasteiger partial charge in [-0.2, -0.15) is 0 Å². The number of carbonyl (C=O) groups excluding carboxylic acids is 2. The number of carbonyl (C=O) groups is 2. The summed E-state index contributed by atoms with van der Waals surface area (Å²) >= 11 is 0. The molecule has 23 heavy (non-hydrogen) atoms. The molecule has 1 amide bonds. The summed E-state index contributed by atoms with van der Waals surface area (Å²) in [5.74, 6) is -0.951. The summed E-state index contributed by atoms with van der Waals surface area (Å²) < 4.78 is 24.0. The molecule has 0 aromatic heterocycles. The summed E-state index contributed by atoms with van der Waals surface area (Å²) in [5, 5.41) is 2.67. The van der Waals surface area contributed by atoms with Crippen LogP contribution in [0.2, 0.25) is 0 Å². The van der Waals surface area contributed by atoms with Gasteiger partial charge in [-0.1, -0.05) is 12.1 Å². The van der Waals surface area contributed by atoms with Crippen molar-refractivity contribution in [3.05, 3.63) is 35.6 Å². The zero-order chi connectivity index (χ0) is 17.0. The highest BCUT2D eigenvalue weighted by Crippen LogP contribution is 2.29. The van der Waals surface area contributed by atoms with Gasteiger partial charge in [0.15, 0.2) is 0 Å². The van der Waals surface area contributed by atoms with Crippen LogP contribution in [0.25, 0.3) is 0 Å². The van der Waals surface area contributed by atoms with Gasteiger partial charge in [0, 0.05) is 18.9 Å². The highest BCUT2D eigenvalue weighted by molar-refractivity contribution is 5.71. The smallest absolute Gasteiger partial charge is 0.407 e. The number of esters is 1. The van der Waals surface area contributed by atoms with Gasteiger partial charge in [-0.25, -0.2) is 9.18 Å². The summed E-state index contributed by atoms with van der Waals surface area (Å²) in [6.45, 7) is 5.52. The highest BCUT2D eigenvalue weighted by Gasteiger charge is 2.33. The topological polar surface area (TPSA) is 64.6 Å². The van der Waals surface area contributed by atoms with Crippen molar-refractivity contribution >= 4 is 12.1 Å². The second-order valence-corrected chi connectivity index (χ2v) is 6.61. The van der Waals surface area contributed by atoms with E-state index < -0.39 is 11.7 Å². The lowest BCUT2D eigenvalue weighted by atomic mass is 9.91. The Labute approximate surface area is 135 Å². The molecule has 6 heteroatoms. The fourth-order valence-electron chi connectivity index (χ4n) is 2.54. The predicted octanol–water partition coefficient (Wildman–Crippen LogP) is 3.14. The minimum absolute atomic E-state index is 0.205. The monoisotopic (exact) mass is 323 g/mol. The van der Waals surface area contributed by atoms with Crippen molar-refractivity contribution in [1.29, 1.82) is 0 Å². The SMILES string of the molecule is CC(C)(C)OC(=O)NC[C@H](c1cccc(F)c1)C1CCC(=O)O1. The van der Waals surface area contributed by atoms with Crippen LogP contribution in [0.1, 0.15) is 45.1 Å². The molecule has 0 radical (unpaired) electrons. The second-order valence-electron chi connectivity index (χ2n) is 6.61. The van der Waals surface area contributed by atoms with E-state index in [-0.39, 0.29) is 30.4 Å². The van der Waals surface area contributed by atoms with Gasteiger partial charge in [0.2, 0.25) is 0 Å². The fourth-order valence-corrected chi connectivity index (χ4v) is 2.54. The summed E-state index contributed by atoms with van der Waals surface area (Å²) in [4.78, 5) is 23.2. The zero-order valence-corrected chi connectivity index (χ0v) is 13.6. The predicted molar refractivity (Wildman–Crippen MR) is 82.5 cm³/mol. The van der Waals surface area contributed by atoms with E-state index in [1.165, 1.54) is 12.1 Å². The number of amides is 1. The van der Waals surface area contributed by atoms with E-state index in [0.717, 1.165) is 0 Å². The molecule has 0 spiro atoms. The Morgan fingerprint density at radius 3 is 2.78 bits per heavy atom. The molecular weight excluding hydrogens is 301 g/mol. The van der Waals surface area contributed by atoms with Crippen LogP contribution in [-0.2, 0) is 14.3 Å². The van der Waals surface area contributed by atoms with Crippen molar-refractivity contribution < 1.29 is 23.5 Å². The third-order valence-corrected chi connectivity index (χ3v) is 3.51. The molecule has 0 aliphatic carbocycles. The lowest BCUT2D eigenvalue weighted by Gasteiger charge is -2.25. The molecule has 2 rings (SSSR count). The first-order valence-electron chi connectivity index (χ1n) is 7.66. The van der Waals surface area contributed by atoms with E-state index in [1.807, 2.05) is 0 Å². The lowest BCUT2D eigenvalue weighted by molar-refractivity contribution is -0.142. The minimum atomic E-state index is -0.599. The van der Waals surface area contributed by atoms with Crippen LogP contribution in [0.15, 0.2) is 24.3 Å². The number of halogens is 1. The number of hydrogen-bond acceptors (Lipinski definition) is 4. The van der Waals surface area contributed by atoms with Crippen molar-refractivity contribution in [3.63, 3.8) is 0 Å². The largest absolute Gasteiger partial charge is 0.462 e. The average Bonchev–Trinajstić information content (AvgIpc) is 2.83. The van der Waals surface area contributed by atoms with E-state index in [2.05, 4.69) is 5.32 Å². The third kappa shape index (κ3) is 5.23. The molecule has 1 aromatic rings. The molecule has 0 saturated carbocycles. The molecule has 1 aliphatic rings. The normalized spacial score (nSPS) is 19.1. The molecule has 1 saturated heterocycles. The molecule has 1 heterocycles. The molecular formula is C17H22FNO4. The maximum atomic E-state index is 13.5. The molecule has 1 unspecified atom stereocenters. The molecule has 5 nitrogen and oxygen atoms in total. The summed E-state index contributed by atoms with van der Waals surface area (Å²) in [7, 11) is 0. The molecule has 1 aliphatic heterocycles. The maximum absolute atomic E-state index is 13.5. The van der Waals surface area contributed by atoms with E-state index in [1.54, 1.807) is 32.9 Å². The average molecular weight is 323 g/mol. The van der Waals surface area contributed by atoms with Gasteiger partial charge >= 0.3 is 12.1 Å². The van der Waals surface area contributed by atoms with Crippen molar-refractivity contribution in [2.24, 2.45) is 0 Å². The summed E-state index contributed by atoms with van der Waals surface area (Å²) in [5.41, 5.74) is 0.0823. The Morgan fingerprint density at radius 2 is 2.22 bits per heavy atom. The van der Waals surface area contributed by atoms with Crippen molar-refractivity contribution in [2.45, 2.75) is 51.2 Å². The number of ether oxygens (including phenoxy) is 2. The van der Waals surface area contributed by atoms with E-state index in [4.69, 9.17) is 9.47 Å². The Balaban J connectivity index is 2.08. The van der Waals surface area contributed by atoms with Crippen LogP contribution in [-0.4, -0.2) is 30.3 Å². The van der Waals surface area contributed by atoms with Gasteiger partial charge in [-0.05, 0) is 44.9 Å². The molecule has 1 fully saturated rings. The van der Waals surface area contributed by atoms with Crippen LogP contribution < -0.4 is 5.32 Å². The van der Waals surface area contributed by atoms with Gasteiger partial charge in [-0.15, -0.1) is 0 Å². The molecule has 126 valence electrons. The number of hydrogen-bond donors (Lipinski definition) is 1. The first-order chi connectivity index (χ1) is 10.7. The second kappa shape index (κ2) is 6.98. The minimum Gasteiger partial charge on any atom is -0.462 e. The lowest BCUT2D eigenvalue weighted by Crippen LogP contribution is -2.37. The van der Waals surface area contributed by atoms with Gasteiger partial charge in [0.25, 0.3) is 0 Å². The molecule has 1 aromatic carbocycles. The number of alkyl carbamates (subject to hydrolysis) is 1. The standard InChI is InChI=1S/C17H22FNO4/c1-17(2,3)23-16(21)19-10-13(14-7-8-15(20)22-14)11-5-4-6-12(18)9-11/h4-6,9,13-14H,7-8,10H2,1-3H3,(H,19,21)/t13-,14?/m1/s1. The number of nitrogens with one attached hydrogen (secondary N) is 1. The Morgan fingerprint density at radius 1 is 1.48 bits per heavy atom. The van der Waals surface area contributed by atoms with Crippen LogP contribution >= 0.6 is 0 Å². The van der Waals surface area contributed by atoms with Crippen molar-refractivity contribution in [2.75, 3.05) is 6.54 Å². The first kappa shape index (κ1) is 17.2. The zero-order valence-electron chi connectivity index (χ0n) is 13.6. The fraction of sp³-hybridized carbons (Fsp3) is 0.529. The van der Waals surface area contributed by atoms with Crippen molar-refractivity contribution in [3.8, 4) is 0 Å². The van der Waals surface area contributed by atoms with Gasteiger partial charge < -0.3 is 14.8 Å². The Bertz CT molecular complexity index is 582. The highest BCUT2D eigenvalue weighted by atomic mass is 19.1. The van der Waals surface area contributed by atoms with Gasteiger partial charge in [0.05, 0.1) is 0 Å². The maximum Gasteiger partial charge on any atom is 0.407 e. The van der Waals surface area contributed by atoms with Crippen molar-refractivity contribution in [1.82, 2.24) is 5.32 Å². The summed E-state index contributed by atoms with van der Waals surface area (Å²) in [6, 6.07) is 6.11. The third-order valence-electron chi connectivity index (χ3n) is 3.51. The number of benzene rings is 1. The van der Waals surface area contributed by atoms with E-state index in [0.29, 0.717) is 18.4 Å². The van der Waals surface area contributed by atoms with Gasteiger partial charge in [-0.3, -0.25) is 4.79 Å². The van der Waals surface area contributed by atoms with E-state index >= 15 is 0 Å². The van der Waals surface area contributed by atoms with Crippen LogP contribution in [0.5, 0.6) is 0 Å². The molecule has 2 atom stereocenters. The Hall–Kier alpha value is -2.11. The van der Waals surface area contributed by atoms with Crippen LogP contribution in [0.4, 0.5) is 9.18 Å². The first-order valence-corrected chi connectivity index (χ1v) is 7.66. The number of cyclic esters (lactones) is 1. The van der Waals surface area contributed by atoms with Crippen LogP contribution in [0, 0.1) is 5.82 Å². The quantitative estimate of drug-likeness (QED) is 0.865. The van der Waals surface area contributed by atoms with E-state index in [9.17, 15) is 14.0 Å². The van der Waals surface area contributed by atoms with Gasteiger partial charge in [0.1, 0.15) is 17.5 Å².